The van der Waals surface area contributed by atoms with Gasteiger partial charge in [-0.2, -0.15) is 0 Å². The molecule has 1 aromatic heterocycles. The molecular weight excluding hydrogens is 383 g/mol. The maximum absolute atomic E-state index is 12.9. The second kappa shape index (κ2) is 8.78. The van der Waals surface area contributed by atoms with Crippen LogP contribution in [0.15, 0.2) is 71.3 Å². The van der Waals surface area contributed by atoms with Gasteiger partial charge >= 0.3 is 0 Å². The van der Waals surface area contributed by atoms with Gasteiger partial charge in [0.1, 0.15) is 11.4 Å². The zero-order valence-electron chi connectivity index (χ0n) is 16.3. The highest BCUT2D eigenvalue weighted by atomic mass is 19.1. The molecule has 152 valence electrons. The van der Waals surface area contributed by atoms with E-state index in [2.05, 4.69) is 10.6 Å². The first-order valence-electron chi connectivity index (χ1n) is 9.76. The fourth-order valence-electron chi connectivity index (χ4n) is 3.49. The van der Waals surface area contributed by atoms with Crippen molar-refractivity contribution >= 4 is 33.6 Å². The molecule has 2 amide bonds. The molecular formula is C24H21FN2O3. The first kappa shape index (κ1) is 19.6. The molecule has 4 aromatic rings. The van der Waals surface area contributed by atoms with Gasteiger partial charge in [-0.05, 0) is 34.5 Å². The van der Waals surface area contributed by atoms with Gasteiger partial charge in [-0.25, -0.2) is 4.39 Å². The lowest BCUT2D eigenvalue weighted by Crippen LogP contribution is -2.35. The summed E-state index contributed by atoms with van der Waals surface area (Å²) in [5.74, 6) is -0.651. The number of hydrogen-bond acceptors (Lipinski definition) is 3. The van der Waals surface area contributed by atoms with Crippen molar-refractivity contribution < 1.29 is 18.4 Å². The monoisotopic (exact) mass is 404 g/mol. The van der Waals surface area contributed by atoms with E-state index in [0.717, 1.165) is 32.9 Å². The Morgan fingerprint density at radius 3 is 2.30 bits per heavy atom. The highest BCUT2D eigenvalue weighted by Gasteiger charge is 2.13. The normalized spacial score (nSPS) is 11.0. The van der Waals surface area contributed by atoms with Crippen LogP contribution in [0.25, 0.3) is 21.7 Å². The fourth-order valence-corrected chi connectivity index (χ4v) is 3.49. The van der Waals surface area contributed by atoms with Crippen molar-refractivity contribution in [2.75, 3.05) is 13.1 Å². The van der Waals surface area contributed by atoms with Crippen molar-refractivity contribution in [2.24, 2.45) is 0 Å². The third-order valence-electron chi connectivity index (χ3n) is 4.94. The number of nitrogens with one attached hydrogen (secondary N) is 2. The van der Waals surface area contributed by atoms with E-state index in [9.17, 15) is 14.0 Å². The predicted molar refractivity (Wildman–Crippen MR) is 114 cm³/mol. The van der Waals surface area contributed by atoms with E-state index in [1.54, 1.807) is 18.4 Å². The molecule has 0 saturated carbocycles. The van der Waals surface area contributed by atoms with Crippen LogP contribution in [-0.4, -0.2) is 24.9 Å². The van der Waals surface area contributed by atoms with Gasteiger partial charge < -0.3 is 15.1 Å². The Hall–Kier alpha value is -3.67. The Balaban J connectivity index is 1.29. The lowest BCUT2D eigenvalue weighted by Gasteiger charge is -2.07. The van der Waals surface area contributed by atoms with Gasteiger partial charge in [0.25, 0.3) is 0 Å². The van der Waals surface area contributed by atoms with Crippen LogP contribution >= 0.6 is 0 Å². The van der Waals surface area contributed by atoms with Crippen LogP contribution in [0.5, 0.6) is 0 Å². The van der Waals surface area contributed by atoms with Gasteiger partial charge in [-0.3, -0.25) is 9.59 Å². The van der Waals surface area contributed by atoms with Crippen molar-refractivity contribution in [1.29, 1.82) is 0 Å². The minimum Gasteiger partial charge on any atom is -0.464 e. The van der Waals surface area contributed by atoms with E-state index < -0.39 is 0 Å². The topological polar surface area (TPSA) is 71.3 Å². The summed E-state index contributed by atoms with van der Waals surface area (Å²) in [5, 5.41) is 8.67. The highest BCUT2D eigenvalue weighted by molar-refractivity contribution is 6.08. The first-order chi connectivity index (χ1) is 14.6. The molecule has 2 N–H and O–H groups in total. The van der Waals surface area contributed by atoms with Gasteiger partial charge in [0.05, 0.1) is 19.1 Å². The lowest BCUT2D eigenvalue weighted by atomic mass is 10.0. The highest BCUT2D eigenvalue weighted by Crippen LogP contribution is 2.30. The number of carbonyl (C=O) groups is 2. The molecule has 3 aromatic carbocycles. The lowest BCUT2D eigenvalue weighted by molar-refractivity contribution is -0.122. The minimum atomic E-state index is -0.333. The van der Waals surface area contributed by atoms with Crippen LogP contribution in [0.2, 0.25) is 0 Å². The largest absolute Gasteiger partial charge is 0.464 e. The summed E-state index contributed by atoms with van der Waals surface area (Å²) in [6.45, 7) is 0.644. The van der Waals surface area contributed by atoms with Crippen molar-refractivity contribution in [3.05, 3.63) is 83.9 Å². The van der Waals surface area contributed by atoms with Crippen molar-refractivity contribution in [3.63, 3.8) is 0 Å². The number of benzene rings is 3. The molecule has 6 heteroatoms. The number of amides is 2. The quantitative estimate of drug-likeness (QED) is 0.461. The van der Waals surface area contributed by atoms with Crippen LogP contribution in [0, 0.1) is 5.82 Å². The van der Waals surface area contributed by atoms with E-state index in [-0.39, 0.29) is 30.5 Å². The molecule has 30 heavy (non-hydrogen) atoms. The number of furan rings is 1. The number of hydrogen-bond donors (Lipinski definition) is 2. The first-order valence-corrected chi connectivity index (χ1v) is 9.76. The van der Waals surface area contributed by atoms with E-state index in [1.165, 1.54) is 12.1 Å². The minimum absolute atomic E-state index is 0.140. The van der Waals surface area contributed by atoms with E-state index in [1.807, 2.05) is 36.4 Å². The molecule has 0 radical (unpaired) electrons. The third-order valence-corrected chi connectivity index (χ3v) is 4.94. The van der Waals surface area contributed by atoms with Gasteiger partial charge in [-0.1, -0.05) is 42.5 Å². The molecule has 0 unspecified atom stereocenters. The van der Waals surface area contributed by atoms with E-state index in [4.69, 9.17) is 4.42 Å². The maximum atomic E-state index is 12.9. The van der Waals surface area contributed by atoms with Gasteiger partial charge in [0.2, 0.25) is 11.8 Å². The summed E-state index contributed by atoms with van der Waals surface area (Å²) >= 11 is 0. The number of halogens is 1. The second-order valence-electron chi connectivity index (χ2n) is 7.10. The zero-order chi connectivity index (χ0) is 20.9. The average Bonchev–Trinajstić information content (AvgIpc) is 3.16. The molecule has 0 aliphatic rings. The zero-order valence-corrected chi connectivity index (χ0v) is 16.3. The third kappa shape index (κ3) is 4.49. The van der Waals surface area contributed by atoms with Crippen molar-refractivity contribution in [1.82, 2.24) is 10.6 Å². The van der Waals surface area contributed by atoms with E-state index >= 15 is 0 Å². The van der Waals surface area contributed by atoms with Crippen LogP contribution < -0.4 is 10.6 Å². The molecule has 0 bridgehead atoms. The molecule has 0 atom stereocenters. The molecule has 0 aliphatic heterocycles. The van der Waals surface area contributed by atoms with Crippen LogP contribution in [0.3, 0.4) is 0 Å². The fraction of sp³-hybridized carbons (Fsp3) is 0.167. The summed E-state index contributed by atoms with van der Waals surface area (Å²) < 4.78 is 18.5. The summed E-state index contributed by atoms with van der Waals surface area (Å²) in [6.07, 6.45) is 1.99. The molecule has 1 heterocycles. The average molecular weight is 404 g/mol. The predicted octanol–water partition coefficient (Wildman–Crippen LogP) is 3.74. The molecule has 5 nitrogen and oxygen atoms in total. The van der Waals surface area contributed by atoms with Crippen LogP contribution in [-0.2, 0) is 22.4 Å². The molecule has 4 rings (SSSR count). The number of rotatable bonds is 7. The Kier molecular flexibility index (Phi) is 5.75. The van der Waals surface area contributed by atoms with Crippen LogP contribution in [0.1, 0.15) is 11.1 Å². The molecule has 0 aliphatic carbocycles. The summed E-state index contributed by atoms with van der Waals surface area (Å²) in [4.78, 5) is 24.3. The van der Waals surface area contributed by atoms with Gasteiger partial charge in [0, 0.05) is 24.0 Å². The summed E-state index contributed by atoms with van der Waals surface area (Å²) in [5.41, 5.74) is 2.32. The van der Waals surface area contributed by atoms with Crippen LogP contribution in [0.4, 0.5) is 4.39 Å². The van der Waals surface area contributed by atoms with Gasteiger partial charge in [0.15, 0.2) is 0 Å². The van der Waals surface area contributed by atoms with Crippen molar-refractivity contribution in [3.8, 4) is 0 Å². The summed E-state index contributed by atoms with van der Waals surface area (Å²) in [7, 11) is 0. The summed E-state index contributed by atoms with van der Waals surface area (Å²) in [6, 6.07) is 17.7. The standard InChI is InChI=1S/C24H21FN2O3/c25-19-8-5-16(6-9-19)13-22(28)26-11-12-27-23(29)14-18-15-30-21-10-7-17-3-1-2-4-20(17)24(18)21/h1-10,15H,11-14H2,(H,26,28)(H,27,29). The maximum Gasteiger partial charge on any atom is 0.224 e. The molecule has 0 spiro atoms. The Morgan fingerprint density at radius 1 is 0.833 bits per heavy atom. The Labute approximate surface area is 172 Å². The number of fused-ring (bicyclic) bond motifs is 3. The van der Waals surface area contributed by atoms with E-state index in [0.29, 0.717) is 13.1 Å². The Morgan fingerprint density at radius 2 is 1.53 bits per heavy atom. The van der Waals surface area contributed by atoms with Crippen molar-refractivity contribution in [2.45, 2.75) is 12.8 Å². The van der Waals surface area contributed by atoms with Gasteiger partial charge in [-0.15, -0.1) is 0 Å². The smallest absolute Gasteiger partial charge is 0.224 e. The second-order valence-corrected chi connectivity index (χ2v) is 7.10. The number of carbonyl (C=O) groups excluding carboxylic acids is 2. The Bertz CT molecular complexity index is 1200. The molecule has 0 saturated heterocycles. The SMILES string of the molecule is O=C(Cc1ccc(F)cc1)NCCNC(=O)Cc1coc2ccc3ccccc3c12. The molecule has 0 fully saturated rings.